The summed E-state index contributed by atoms with van der Waals surface area (Å²) >= 11 is 5.77. The van der Waals surface area contributed by atoms with Crippen molar-refractivity contribution in [3.05, 3.63) is 57.3 Å². The molecule has 0 bridgehead atoms. The number of aromatic nitrogens is 2. The Kier molecular flexibility index (Phi) is 3.22. The van der Waals surface area contributed by atoms with E-state index in [1.807, 2.05) is 24.3 Å². The largest absolute Gasteiger partial charge is 0.365 e. The van der Waals surface area contributed by atoms with E-state index in [4.69, 9.17) is 11.6 Å². The molecule has 0 fully saturated rings. The van der Waals surface area contributed by atoms with E-state index in [2.05, 4.69) is 15.5 Å². The van der Waals surface area contributed by atoms with Crippen LogP contribution in [0.15, 0.2) is 41.2 Å². The quantitative estimate of drug-likeness (QED) is 0.856. The molecule has 0 spiro atoms. The van der Waals surface area contributed by atoms with Crippen LogP contribution in [0.1, 0.15) is 5.56 Å². The van der Waals surface area contributed by atoms with E-state index >= 15 is 0 Å². The smallest absolute Gasteiger partial charge is 0.264 e. The monoisotopic (exact) mass is 235 g/mol. The fraction of sp³-hybridized carbons (Fsp3) is 0.0909. The maximum atomic E-state index is 10.8. The van der Waals surface area contributed by atoms with Gasteiger partial charge in [-0.15, -0.1) is 0 Å². The number of halogens is 1. The Morgan fingerprint density at radius 2 is 1.94 bits per heavy atom. The Morgan fingerprint density at radius 3 is 2.56 bits per heavy atom. The van der Waals surface area contributed by atoms with Gasteiger partial charge in [0.2, 0.25) is 0 Å². The van der Waals surface area contributed by atoms with Crippen LogP contribution in [0.2, 0.25) is 5.02 Å². The molecular weight excluding hydrogens is 226 g/mol. The van der Waals surface area contributed by atoms with Crippen molar-refractivity contribution in [1.29, 1.82) is 0 Å². The summed E-state index contributed by atoms with van der Waals surface area (Å²) < 4.78 is 0. The van der Waals surface area contributed by atoms with E-state index in [1.54, 1.807) is 6.07 Å². The van der Waals surface area contributed by atoms with Gasteiger partial charge in [0.1, 0.15) is 5.82 Å². The lowest BCUT2D eigenvalue weighted by Crippen LogP contribution is -2.09. The Hall–Kier alpha value is -1.81. The molecule has 0 unspecified atom stereocenters. The third-order valence-electron chi connectivity index (χ3n) is 2.07. The van der Waals surface area contributed by atoms with E-state index in [0.29, 0.717) is 17.4 Å². The molecule has 0 saturated heterocycles. The van der Waals surface area contributed by atoms with Gasteiger partial charge in [0, 0.05) is 17.6 Å². The number of nitrogens with zero attached hydrogens (tertiary/aromatic N) is 1. The average Bonchev–Trinajstić information content (AvgIpc) is 2.30. The molecule has 1 aromatic heterocycles. The van der Waals surface area contributed by atoms with Gasteiger partial charge in [0.25, 0.3) is 5.56 Å². The average molecular weight is 236 g/mol. The molecule has 0 atom stereocenters. The highest BCUT2D eigenvalue weighted by molar-refractivity contribution is 6.30. The summed E-state index contributed by atoms with van der Waals surface area (Å²) in [6, 6.07) is 10.6. The van der Waals surface area contributed by atoms with Crippen LogP contribution in [-0.4, -0.2) is 10.2 Å². The molecule has 0 aliphatic rings. The van der Waals surface area contributed by atoms with Gasteiger partial charge < -0.3 is 5.32 Å². The summed E-state index contributed by atoms with van der Waals surface area (Å²) in [7, 11) is 0. The summed E-state index contributed by atoms with van der Waals surface area (Å²) in [6.45, 7) is 0.635. The molecule has 16 heavy (non-hydrogen) atoms. The minimum atomic E-state index is -0.211. The molecule has 82 valence electrons. The molecule has 0 saturated carbocycles. The first-order valence-corrected chi connectivity index (χ1v) is 5.16. The highest BCUT2D eigenvalue weighted by Gasteiger charge is 1.95. The predicted octanol–water partition coefficient (Wildman–Crippen LogP) is 2.04. The van der Waals surface area contributed by atoms with Crippen LogP contribution in [-0.2, 0) is 6.54 Å². The van der Waals surface area contributed by atoms with Gasteiger partial charge in [0.15, 0.2) is 0 Å². The number of nitrogens with one attached hydrogen (secondary N) is 2. The van der Waals surface area contributed by atoms with E-state index < -0.39 is 0 Å². The molecule has 5 heteroatoms. The normalized spacial score (nSPS) is 10.1. The van der Waals surface area contributed by atoms with Crippen LogP contribution >= 0.6 is 11.6 Å². The van der Waals surface area contributed by atoms with Gasteiger partial charge in [-0.2, -0.15) is 5.10 Å². The van der Waals surface area contributed by atoms with Crippen molar-refractivity contribution in [3.8, 4) is 0 Å². The number of hydrogen-bond donors (Lipinski definition) is 2. The van der Waals surface area contributed by atoms with Crippen molar-refractivity contribution in [2.45, 2.75) is 6.54 Å². The molecule has 1 aromatic carbocycles. The molecule has 0 radical (unpaired) electrons. The van der Waals surface area contributed by atoms with Crippen LogP contribution < -0.4 is 10.9 Å². The first-order chi connectivity index (χ1) is 7.74. The Labute approximate surface area is 97.3 Å². The van der Waals surface area contributed by atoms with Crippen molar-refractivity contribution in [2.24, 2.45) is 0 Å². The van der Waals surface area contributed by atoms with Crippen LogP contribution in [0.5, 0.6) is 0 Å². The maximum absolute atomic E-state index is 10.8. The Bertz CT molecular complexity index is 501. The maximum Gasteiger partial charge on any atom is 0.264 e. The van der Waals surface area contributed by atoms with E-state index in [9.17, 15) is 4.79 Å². The van der Waals surface area contributed by atoms with Gasteiger partial charge >= 0.3 is 0 Å². The fourth-order valence-corrected chi connectivity index (χ4v) is 1.36. The van der Waals surface area contributed by atoms with Crippen molar-refractivity contribution in [1.82, 2.24) is 10.2 Å². The lowest BCUT2D eigenvalue weighted by molar-refractivity contribution is 0.969. The predicted molar refractivity (Wildman–Crippen MR) is 63.6 cm³/mol. The molecular formula is C11H10ClN3O. The summed E-state index contributed by atoms with van der Waals surface area (Å²) in [5.41, 5.74) is 0.884. The standard InChI is InChI=1S/C11H10ClN3O/c12-9-3-1-8(2-4-9)7-13-10-5-6-11(16)15-14-10/h1-6H,7H2,(H,13,14)(H,15,16). The van der Waals surface area contributed by atoms with Crippen molar-refractivity contribution in [3.63, 3.8) is 0 Å². The zero-order valence-corrected chi connectivity index (χ0v) is 9.16. The van der Waals surface area contributed by atoms with E-state index in [1.165, 1.54) is 6.07 Å². The lowest BCUT2D eigenvalue weighted by atomic mass is 10.2. The highest BCUT2D eigenvalue weighted by atomic mass is 35.5. The second kappa shape index (κ2) is 4.81. The van der Waals surface area contributed by atoms with Gasteiger partial charge in [0.05, 0.1) is 0 Å². The third-order valence-corrected chi connectivity index (χ3v) is 2.32. The number of aromatic amines is 1. The molecule has 0 aliphatic carbocycles. The van der Waals surface area contributed by atoms with E-state index in [-0.39, 0.29) is 5.56 Å². The van der Waals surface area contributed by atoms with Crippen molar-refractivity contribution >= 4 is 17.4 Å². The summed E-state index contributed by atoms with van der Waals surface area (Å²) in [6.07, 6.45) is 0. The SMILES string of the molecule is O=c1ccc(NCc2ccc(Cl)cc2)n[nH]1. The Morgan fingerprint density at radius 1 is 1.19 bits per heavy atom. The van der Waals surface area contributed by atoms with E-state index in [0.717, 1.165) is 5.56 Å². The summed E-state index contributed by atoms with van der Waals surface area (Å²) in [4.78, 5) is 10.8. The lowest BCUT2D eigenvalue weighted by Gasteiger charge is -2.04. The molecule has 2 rings (SSSR count). The minimum absolute atomic E-state index is 0.211. The van der Waals surface area contributed by atoms with Gasteiger partial charge in [-0.25, -0.2) is 5.10 Å². The second-order valence-electron chi connectivity index (χ2n) is 3.29. The summed E-state index contributed by atoms with van der Waals surface area (Å²) in [5.74, 6) is 0.634. The zero-order chi connectivity index (χ0) is 11.4. The summed E-state index contributed by atoms with van der Waals surface area (Å²) in [5, 5.41) is 9.99. The fourth-order valence-electron chi connectivity index (χ4n) is 1.24. The molecule has 4 nitrogen and oxygen atoms in total. The van der Waals surface area contributed by atoms with Crippen LogP contribution in [0.4, 0.5) is 5.82 Å². The van der Waals surface area contributed by atoms with Crippen molar-refractivity contribution < 1.29 is 0 Å². The minimum Gasteiger partial charge on any atom is -0.365 e. The molecule has 2 aromatic rings. The molecule has 1 heterocycles. The van der Waals surface area contributed by atoms with Crippen molar-refractivity contribution in [2.75, 3.05) is 5.32 Å². The van der Waals surface area contributed by atoms with Gasteiger partial charge in [-0.05, 0) is 23.8 Å². The molecule has 2 N–H and O–H groups in total. The number of H-pyrrole nitrogens is 1. The van der Waals surface area contributed by atoms with Crippen LogP contribution in [0.25, 0.3) is 0 Å². The zero-order valence-electron chi connectivity index (χ0n) is 8.40. The van der Waals surface area contributed by atoms with Gasteiger partial charge in [-0.3, -0.25) is 4.79 Å². The third kappa shape index (κ3) is 2.84. The number of benzene rings is 1. The highest BCUT2D eigenvalue weighted by Crippen LogP contribution is 2.10. The number of anilines is 1. The molecule has 0 amide bonds. The number of rotatable bonds is 3. The van der Waals surface area contributed by atoms with Gasteiger partial charge in [-0.1, -0.05) is 23.7 Å². The van der Waals surface area contributed by atoms with Crippen LogP contribution in [0, 0.1) is 0 Å². The topological polar surface area (TPSA) is 57.8 Å². The van der Waals surface area contributed by atoms with Crippen LogP contribution in [0.3, 0.4) is 0 Å². The first-order valence-electron chi connectivity index (χ1n) is 4.78. The Balaban J connectivity index is 1.99. The first kappa shape index (κ1) is 10.7. The number of hydrogen-bond acceptors (Lipinski definition) is 3. The molecule has 0 aliphatic heterocycles. The second-order valence-corrected chi connectivity index (χ2v) is 3.72.